The van der Waals surface area contributed by atoms with Gasteiger partial charge >= 0.3 is 12.4 Å². The van der Waals surface area contributed by atoms with Crippen molar-refractivity contribution in [1.29, 1.82) is 0 Å². The largest absolute Gasteiger partial charge is 0.451 e. The van der Waals surface area contributed by atoms with Gasteiger partial charge in [-0.15, -0.1) is 0 Å². The van der Waals surface area contributed by atoms with Crippen LogP contribution in [0.4, 0.5) is 31.3 Å². The molecule has 0 aliphatic carbocycles. The number of aryl methyl sites for hydroxylation is 1. The molecule has 1 amide bonds. The fourth-order valence-electron chi connectivity index (χ4n) is 3.65. The van der Waals surface area contributed by atoms with Crippen molar-refractivity contribution in [2.24, 2.45) is 0 Å². The van der Waals surface area contributed by atoms with Crippen LogP contribution < -0.4 is 4.90 Å². The van der Waals surface area contributed by atoms with E-state index in [2.05, 4.69) is 25.0 Å². The third-order valence-electron chi connectivity index (χ3n) is 5.28. The van der Waals surface area contributed by atoms with Crippen LogP contribution in [0.1, 0.15) is 16.7 Å². The highest BCUT2D eigenvalue weighted by Gasteiger charge is 2.39. The van der Waals surface area contributed by atoms with Gasteiger partial charge in [0.15, 0.2) is 0 Å². The molecule has 0 radical (unpaired) electrons. The molecule has 0 aromatic carbocycles. The molecule has 1 saturated heterocycles. The van der Waals surface area contributed by atoms with Crippen molar-refractivity contribution in [2.45, 2.75) is 31.9 Å². The molecular weight excluding hydrogens is 518 g/mol. The van der Waals surface area contributed by atoms with E-state index >= 15 is 0 Å². The summed E-state index contributed by atoms with van der Waals surface area (Å²) in [6.45, 7) is 1.17. The number of aliphatic hydroxyl groups is 1. The normalized spacial score (nSPS) is 17.1. The number of aromatic nitrogens is 6. The lowest BCUT2D eigenvalue weighted by Gasteiger charge is -2.41. The average Bonchev–Trinajstić information content (AvgIpc) is 3.44. The summed E-state index contributed by atoms with van der Waals surface area (Å²) >= 11 is 0.310. The summed E-state index contributed by atoms with van der Waals surface area (Å²) in [7, 11) is 0. The van der Waals surface area contributed by atoms with E-state index in [9.17, 15) is 36.2 Å². The molecule has 1 aliphatic rings. The summed E-state index contributed by atoms with van der Waals surface area (Å²) in [6.07, 6.45) is -6.71. The molecule has 36 heavy (non-hydrogen) atoms. The summed E-state index contributed by atoms with van der Waals surface area (Å²) in [4.78, 5) is 29.7. The van der Waals surface area contributed by atoms with Gasteiger partial charge in [0.25, 0.3) is 0 Å². The molecule has 1 atom stereocenters. The number of rotatable bonds is 5. The van der Waals surface area contributed by atoms with Gasteiger partial charge in [-0.05, 0) is 6.92 Å². The highest BCUT2D eigenvalue weighted by Crippen LogP contribution is 2.43. The first-order valence-electron chi connectivity index (χ1n) is 10.4. The molecule has 4 rings (SSSR count). The second-order valence-corrected chi connectivity index (χ2v) is 8.80. The lowest BCUT2D eigenvalue weighted by Crippen LogP contribution is -2.57. The van der Waals surface area contributed by atoms with Gasteiger partial charge in [0, 0.05) is 37.6 Å². The number of aliphatic hydroxyl groups excluding tert-OH is 1. The van der Waals surface area contributed by atoms with Gasteiger partial charge in [-0.25, -0.2) is 24.6 Å². The molecule has 10 nitrogen and oxygen atoms in total. The Morgan fingerprint density at radius 3 is 2.36 bits per heavy atom. The van der Waals surface area contributed by atoms with Crippen LogP contribution in [0.25, 0.3) is 11.3 Å². The number of hydrogen-bond donors (Lipinski definition) is 1. The Kier molecular flexibility index (Phi) is 6.87. The van der Waals surface area contributed by atoms with Crippen LogP contribution in [0.2, 0.25) is 0 Å². The van der Waals surface area contributed by atoms with Crippen LogP contribution >= 0.6 is 11.3 Å². The average molecular weight is 536 g/mol. The molecule has 194 valence electrons. The zero-order valence-corrected chi connectivity index (χ0v) is 19.3. The quantitative estimate of drug-likeness (QED) is 0.495. The molecule has 0 spiro atoms. The molecule has 3 aromatic heterocycles. The van der Waals surface area contributed by atoms with Crippen molar-refractivity contribution in [3.8, 4) is 11.3 Å². The minimum Gasteiger partial charge on any atom is -0.394 e. The van der Waals surface area contributed by atoms with E-state index < -0.39 is 35.8 Å². The van der Waals surface area contributed by atoms with E-state index in [1.165, 1.54) is 20.8 Å². The molecule has 1 fully saturated rings. The van der Waals surface area contributed by atoms with E-state index in [0.717, 1.165) is 12.4 Å². The number of nitrogens with zero attached hydrogens (tertiary/aromatic N) is 8. The fourth-order valence-corrected chi connectivity index (χ4v) is 4.64. The Bertz CT molecular complexity index is 1230. The lowest BCUT2D eigenvalue weighted by molar-refractivity contribution is -0.145. The zero-order valence-electron chi connectivity index (χ0n) is 18.5. The minimum atomic E-state index is -4.82. The highest BCUT2D eigenvalue weighted by atomic mass is 32.1. The molecule has 17 heteroatoms. The van der Waals surface area contributed by atoms with Gasteiger partial charge < -0.3 is 14.9 Å². The highest BCUT2D eigenvalue weighted by molar-refractivity contribution is 7.16. The first-order chi connectivity index (χ1) is 16.9. The Balaban J connectivity index is 1.60. The zero-order chi connectivity index (χ0) is 26.3. The first kappa shape index (κ1) is 25.7. The second-order valence-electron chi connectivity index (χ2n) is 7.82. The Morgan fingerprint density at radius 1 is 1.11 bits per heavy atom. The van der Waals surface area contributed by atoms with Crippen molar-refractivity contribution < 1.29 is 36.2 Å². The number of carbonyl (C=O) groups excluding carboxylic acids is 1. The van der Waals surface area contributed by atoms with Crippen LogP contribution in [-0.2, 0) is 23.7 Å². The molecule has 0 bridgehead atoms. The van der Waals surface area contributed by atoms with Gasteiger partial charge in [-0.2, -0.15) is 31.4 Å². The van der Waals surface area contributed by atoms with E-state index in [1.54, 1.807) is 6.92 Å². The van der Waals surface area contributed by atoms with Crippen LogP contribution in [0, 0.1) is 6.92 Å². The maximum atomic E-state index is 13.4. The summed E-state index contributed by atoms with van der Waals surface area (Å²) in [5, 5.41) is 12.8. The molecule has 0 saturated carbocycles. The predicted octanol–water partition coefficient (Wildman–Crippen LogP) is 2.25. The van der Waals surface area contributed by atoms with Crippen LogP contribution in [0.15, 0.2) is 18.7 Å². The Morgan fingerprint density at radius 2 is 1.81 bits per heavy atom. The third-order valence-corrected chi connectivity index (χ3v) is 6.44. The standard InChI is InChI=1S/C19H18F6N8O2S/c1-10-28-9-32(30-10)7-13(35)33-3-2-31(6-12(33)8-34)15-14(29-17(36-15)19(23,24)25)11-4-26-16(27-5-11)18(20,21)22/h4-5,9,12,34H,2-3,6-8H2,1H3/t12-/m0/s1. The van der Waals surface area contributed by atoms with Gasteiger partial charge in [0.2, 0.25) is 16.7 Å². The summed E-state index contributed by atoms with van der Waals surface area (Å²) < 4.78 is 80.1. The number of piperazine rings is 1. The monoisotopic (exact) mass is 536 g/mol. The number of hydrogen-bond acceptors (Lipinski definition) is 9. The number of amides is 1. The second kappa shape index (κ2) is 9.61. The lowest BCUT2D eigenvalue weighted by atomic mass is 10.1. The van der Waals surface area contributed by atoms with Crippen molar-refractivity contribution in [3.05, 3.63) is 35.4 Å². The number of alkyl halides is 6. The maximum Gasteiger partial charge on any atom is 0.451 e. The van der Waals surface area contributed by atoms with Crippen LogP contribution in [-0.4, -0.2) is 77.9 Å². The number of anilines is 1. The van der Waals surface area contributed by atoms with E-state index in [4.69, 9.17) is 0 Å². The van der Waals surface area contributed by atoms with Crippen molar-refractivity contribution in [3.63, 3.8) is 0 Å². The summed E-state index contributed by atoms with van der Waals surface area (Å²) in [6, 6.07) is -0.760. The summed E-state index contributed by atoms with van der Waals surface area (Å²) in [5.41, 5.74) is -0.374. The van der Waals surface area contributed by atoms with Gasteiger partial charge in [-0.1, -0.05) is 11.3 Å². The molecule has 3 aromatic rings. The maximum absolute atomic E-state index is 13.4. The molecule has 0 unspecified atom stereocenters. The van der Waals surface area contributed by atoms with Crippen molar-refractivity contribution >= 4 is 22.2 Å². The fraction of sp³-hybridized carbons (Fsp3) is 0.474. The number of carbonyl (C=O) groups is 1. The summed E-state index contributed by atoms with van der Waals surface area (Å²) in [5.74, 6) is -1.33. The third kappa shape index (κ3) is 5.40. The van der Waals surface area contributed by atoms with E-state index in [0.29, 0.717) is 17.2 Å². The van der Waals surface area contributed by atoms with E-state index in [1.807, 2.05) is 0 Å². The first-order valence-corrected chi connectivity index (χ1v) is 11.2. The number of thiazole rings is 1. The molecule has 1 N–H and O–H groups in total. The van der Waals surface area contributed by atoms with Crippen molar-refractivity contribution in [1.82, 2.24) is 34.6 Å². The van der Waals surface area contributed by atoms with Gasteiger partial charge in [0.1, 0.15) is 29.4 Å². The van der Waals surface area contributed by atoms with E-state index in [-0.39, 0.29) is 48.3 Å². The topological polar surface area (TPSA) is 113 Å². The molecule has 1 aliphatic heterocycles. The van der Waals surface area contributed by atoms with Gasteiger partial charge in [0.05, 0.1) is 12.6 Å². The molecular formula is C19H18F6N8O2S. The Hall–Kier alpha value is -3.34. The smallest absolute Gasteiger partial charge is 0.394 e. The van der Waals surface area contributed by atoms with Gasteiger partial charge in [-0.3, -0.25) is 4.79 Å². The minimum absolute atomic E-state index is 0.0168. The predicted molar refractivity (Wildman–Crippen MR) is 113 cm³/mol. The molecule has 4 heterocycles. The van der Waals surface area contributed by atoms with Crippen LogP contribution in [0.5, 0.6) is 0 Å². The Labute approximate surface area is 203 Å². The number of halogens is 6. The SMILES string of the molecule is Cc1ncn(CC(=O)N2CCN(c3sc(C(F)(F)F)nc3-c3cnc(C(F)(F)F)nc3)C[C@H]2CO)n1. The van der Waals surface area contributed by atoms with Crippen molar-refractivity contribution in [2.75, 3.05) is 31.1 Å². The van der Waals surface area contributed by atoms with Crippen LogP contribution in [0.3, 0.4) is 0 Å².